The molecule has 0 N–H and O–H groups in total. The molecule has 2 heterocycles. The van der Waals surface area contributed by atoms with E-state index in [4.69, 9.17) is 13.6 Å². The van der Waals surface area contributed by atoms with Gasteiger partial charge in [0.1, 0.15) is 5.76 Å². The summed E-state index contributed by atoms with van der Waals surface area (Å²) >= 11 is 0. The van der Waals surface area contributed by atoms with Gasteiger partial charge in [0.25, 0.3) is 0 Å². The minimum Gasteiger partial charge on any atom is -0.468 e. The molecule has 2 aromatic rings. The van der Waals surface area contributed by atoms with E-state index in [0.717, 1.165) is 18.7 Å². The summed E-state index contributed by atoms with van der Waals surface area (Å²) in [6, 6.07) is 3.83. The Morgan fingerprint density at radius 1 is 1.26 bits per heavy atom. The van der Waals surface area contributed by atoms with E-state index < -0.39 is 0 Å². The van der Waals surface area contributed by atoms with Crippen molar-refractivity contribution in [3.05, 3.63) is 35.9 Å². The second-order valence-corrected chi connectivity index (χ2v) is 4.23. The second-order valence-electron chi connectivity index (χ2n) is 4.23. The van der Waals surface area contributed by atoms with Crippen molar-refractivity contribution in [1.29, 1.82) is 0 Å². The lowest BCUT2D eigenvalue weighted by molar-refractivity contribution is 0.128. The zero-order valence-corrected chi connectivity index (χ0v) is 11.3. The molecule has 0 saturated heterocycles. The Bertz CT molecular complexity index is 467. The van der Waals surface area contributed by atoms with E-state index in [1.54, 1.807) is 13.4 Å². The zero-order chi connectivity index (χ0) is 13.5. The van der Waals surface area contributed by atoms with Crippen LogP contribution in [0.4, 0.5) is 0 Å². The third kappa shape index (κ3) is 4.18. The lowest BCUT2D eigenvalue weighted by Crippen LogP contribution is -2.26. The van der Waals surface area contributed by atoms with Crippen LogP contribution in [-0.2, 0) is 24.2 Å². The van der Waals surface area contributed by atoms with Crippen molar-refractivity contribution >= 4 is 0 Å². The Morgan fingerprint density at radius 2 is 2.11 bits per heavy atom. The number of hydrogen-bond donors (Lipinski definition) is 0. The van der Waals surface area contributed by atoms with Gasteiger partial charge in [0.2, 0.25) is 11.8 Å². The molecule has 0 atom stereocenters. The number of aryl methyl sites for hydroxylation is 1. The van der Waals surface area contributed by atoms with Crippen molar-refractivity contribution in [2.45, 2.75) is 26.4 Å². The maximum absolute atomic E-state index is 5.53. The van der Waals surface area contributed by atoms with Crippen LogP contribution in [-0.4, -0.2) is 35.4 Å². The molecule has 0 bridgehead atoms. The summed E-state index contributed by atoms with van der Waals surface area (Å²) in [4.78, 5) is 2.15. The number of aromatic nitrogens is 2. The molecular weight excluding hydrogens is 246 g/mol. The van der Waals surface area contributed by atoms with Crippen molar-refractivity contribution in [2.24, 2.45) is 0 Å². The Balaban J connectivity index is 1.96. The first-order valence-electron chi connectivity index (χ1n) is 6.36. The molecule has 0 aliphatic rings. The van der Waals surface area contributed by atoms with Crippen LogP contribution in [0.2, 0.25) is 0 Å². The summed E-state index contributed by atoms with van der Waals surface area (Å²) in [5.74, 6) is 2.20. The summed E-state index contributed by atoms with van der Waals surface area (Å²) < 4.78 is 16.0. The molecule has 2 rings (SSSR count). The van der Waals surface area contributed by atoms with Gasteiger partial charge in [0.05, 0.1) is 26.0 Å². The van der Waals surface area contributed by atoms with Crippen LogP contribution >= 0.6 is 0 Å². The zero-order valence-electron chi connectivity index (χ0n) is 11.3. The summed E-state index contributed by atoms with van der Waals surface area (Å²) in [6.07, 6.45) is 2.43. The lowest BCUT2D eigenvalue weighted by Gasteiger charge is -2.18. The highest BCUT2D eigenvalue weighted by Gasteiger charge is 2.13. The third-order valence-electron chi connectivity index (χ3n) is 2.74. The first-order valence-corrected chi connectivity index (χ1v) is 6.36. The molecule has 0 aliphatic heterocycles. The molecule has 104 valence electrons. The van der Waals surface area contributed by atoms with E-state index in [9.17, 15) is 0 Å². The Hall–Kier alpha value is -1.66. The van der Waals surface area contributed by atoms with Crippen molar-refractivity contribution in [3.8, 4) is 0 Å². The number of ether oxygens (including phenoxy) is 1. The molecule has 6 heteroatoms. The predicted octanol–water partition coefficient (Wildman–Crippen LogP) is 1.87. The fraction of sp³-hybridized carbons (Fsp3) is 0.538. The number of hydrogen-bond acceptors (Lipinski definition) is 6. The van der Waals surface area contributed by atoms with E-state index in [2.05, 4.69) is 15.1 Å². The molecule has 19 heavy (non-hydrogen) atoms. The van der Waals surface area contributed by atoms with E-state index in [1.165, 1.54) is 0 Å². The van der Waals surface area contributed by atoms with Crippen LogP contribution in [0.5, 0.6) is 0 Å². The maximum atomic E-state index is 5.53. The van der Waals surface area contributed by atoms with E-state index in [1.807, 2.05) is 19.1 Å². The van der Waals surface area contributed by atoms with Crippen molar-refractivity contribution in [3.63, 3.8) is 0 Å². The largest absolute Gasteiger partial charge is 0.468 e. The van der Waals surface area contributed by atoms with Gasteiger partial charge in [-0.05, 0) is 12.1 Å². The molecule has 0 radical (unpaired) electrons. The van der Waals surface area contributed by atoms with Gasteiger partial charge in [-0.15, -0.1) is 10.2 Å². The Labute approximate surface area is 112 Å². The average Bonchev–Trinajstić information content (AvgIpc) is 3.07. The number of nitrogens with zero attached hydrogens (tertiary/aromatic N) is 3. The Kier molecular flexibility index (Phi) is 5.11. The fourth-order valence-corrected chi connectivity index (χ4v) is 1.74. The van der Waals surface area contributed by atoms with Gasteiger partial charge in [0.15, 0.2) is 0 Å². The lowest BCUT2D eigenvalue weighted by atomic mass is 10.4. The first kappa shape index (κ1) is 13.8. The van der Waals surface area contributed by atoms with Crippen molar-refractivity contribution in [1.82, 2.24) is 15.1 Å². The molecule has 0 aromatic carbocycles. The SMILES string of the molecule is CCc1nnc(CN(CCOC)Cc2ccco2)o1. The molecule has 0 fully saturated rings. The van der Waals surface area contributed by atoms with Gasteiger partial charge in [-0.1, -0.05) is 6.92 Å². The number of rotatable bonds is 8. The summed E-state index contributed by atoms with van der Waals surface area (Å²) in [5.41, 5.74) is 0. The standard InChI is InChI=1S/C13H19N3O3/c1-3-12-14-15-13(19-12)10-16(6-8-17-2)9-11-5-4-7-18-11/h4-5,7H,3,6,8-10H2,1-2H3. The van der Waals surface area contributed by atoms with E-state index >= 15 is 0 Å². The predicted molar refractivity (Wildman–Crippen MR) is 68.4 cm³/mol. The average molecular weight is 265 g/mol. The van der Waals surface area contributed by atoms with Crippen LogP contribution in [0.15, 0.2) is 27.2 Å². The second kappa shape index (κ2) is 7.06. The van der Waals surface area contributed by atoms with Crippen LogP contribution < -0.4 is 0 Å². The summed E-state index contributed by atoms with van der Waals surface area (Å²) in [5, 5.41) is 8.00. The highest BCUT2D eigenvalue weighted by Crippen LogP contribution is 2.10. The number of furan rings is 1. The van der Waals surface area contributed by atoms with Crippen LogP contribution in [0.1, 0.15) is 24.5 Å². The van der Waals surface area contributed by atoms with Crippen molar-refractivity contribution < 1.29 is 13.6 Å². The Morgan fingerprint density at radius 3 is 2.74 bits per heavy atom. The first-order chi connectivity index (χ1) is 9.31. The van der Waals surface area contributed by atoms with Crippen LogP contribution in [0.3, 0.4) is 0 Å². The van der Waals surface area contributed by atoms with Gasteiger partial charge in [-0.25, -0.2) is 0 Å². The van der Waals surface area contributed by atoms with Crippen LogP contribution in [0, 0.1) is 0 Å². The minimum absolute atomic E-state index is 0.594. The minimum atomic E-state index is 0.594. The van der Waals surface area contributed by atoms with Gasteiger partial charge in [0, 0.05) is 20.1 Å². The monoisotopic (exact) mass is 265 g/mol. The molecule has 6 nitrogen and oxygen atoms in total. The third-order valence-corrected chi connectivity index (χ3v) is 2.74. The number of methoxy groups -OCH3 is 1. The molecule has 0 aliphatic carbocycles. The van der Waals surface area contributed by atoms with Gasteiger partial charge >= 0.3 is 0 Å². The van der Waals surface area contributed by atoms with E-state index in [-0.39, 0.29) is 0 Å². The van der Waals surface area contributed by atoms with Gasteiger partial charge in [-0.3, -0.25) is 4.90 Å². The normalized spacial score (nSPS) is 11.3. The van der Waals surface area contributed by atoms with E-state index in [0.29, 0.717) is 31.5 Å². The highest BCUT2D eigenvalue weighted by atomic mass is 16.5. The smallest absolute Gasteiger partial charge is 0.230 e. The van der Waals surface area contributed by atoms with Gasteiger partial charge in [-0.2, -0.15) is 0 Å². The van der Waals surface area contributed by atoms with Crippen LogP contribution in [0.25, 0.3) is 0 Å². The summed E-state index contributed by atoms with van der Waals surface area (Å²) in [6.45, 7) is 4.70. The quantitative estimate of drug-likeness (QED) is 0.726. The maximum Gasteiger partial charge on any atom is 0.230 e. The molecule has 0 unspecified atom stereocenters. The topological polar surface area (TPSA) is 64.5 Å². The van der Waals surface area contributed by atoms with Gasteiger partial charge < -0.3 is 13.6 Å². The highest BCUT2D eigenvalue weighted by molar-refractivity contribution is 4.98. The van der Waals surface area contributed by atoms with Crippen molar-refractivity contribution in [2.75, 3.05) is 20.3 Å². The molecule has 0 amide bonds. The molecule has 2 aromatic heterocycles. The molecular formula is C13H19N3O3. The molecule has 0 spiro atoms. The summed E-state index contributed by atoms with van der Waals surface area (Å²) in [7, 11) is 1.69. The molecule has 0 saturated carbocycles. The fourth-order valence-electron chi connectivity index (χ4n) is 1.74.